The van der Waals surface area contributed by atoms with Crippen molar-refractivity contribution in [2.24, 2.45) is 0 Å². The molecule has 18 heavy (non-hydrogen) atoms. The van der Waals surface area contributed by atoms with Crippen molar-refractivity contribution in [2.45, 2.75) is 13.5 Å². The zero-order valence-electron chi connectivity index (χ0n) is 10.0. The van der Waals surface area contributed by atoms with Crippen LogP contribution < -0.4 is 10.6 Å². The molecule has 0 radical (unpaired) electrons. The van der Waals surface area contributed by atoms with E-state index in [1.54, 1.807) is 18.6 Å². The molecule has 0 aliphatic heterocycles. The van der Waals surface area contributed by atoms with Crippen LogP contribution in [0.4, 0.5) is 11.8 Å². The Hall–Kier alpha value is -1.69. The van der Waals surface area contributed by atoms with E-state index < -0.39 is 0 Å². The number of nitrogens with two attached hydrogens (primary N) is 1. The second kappa shape index (κ2) is 5.77. The van der Waals surface area contributed by atoms with E-state index in [2.05, 4.69) is 42.7 Å². The lowest BCUT2D eigenvalue weighted by molar-refractivity contribution is 0.807. The largest absolute Gasteiger partial charge is 0.368 e. The lowest BCUT2D eigenvalue weighted by Gasteiger charge is -2.23. The summed E-state index contributed by atoms with van der Waals surface area (Å²) in [6.07, 6.45) is 5.24. The number of nitrogens with zero attached hydrogens (tertiary/aromatic N) is 4. The van der Waals surface area contributed by atoms with Crippen LogP contribution in [0.5, 0.6) is 0 Å². The van der Waals surface area contributed by atoms with E-state index in [9.17, 15) is 0 Å². The molecule has 0 saturated carbocycles. The number of halogens is 1. The highest BCUT2D eigenvalue weighted by Crippen LogP contribution is 2.24. The minimum atomic E-state index is 0.279. The minimum Gasteiger partial charge on any atom is -0.368 e. The van der Waals surface area contributed by atoms with Gasteiger partial charge in [0.2, 0.25) is 5.95 Å². The Morgan fingerprint density at radius 2 is 2.06 bits per heavy atom. The van der Waals surface area contributed by atoms with E-state index in [0.29, 0.717) is 0 Å². The maximum atomic E-state index is 5.63. The molecule has 0 fully saturated rings. The number of aromatic nitrogens is 3. The van der Waals surface area contributed by atoms with Crippen molar-refractivity contribution in [3.63, 3.8) is 0 Å². The third-order valence-electron chi connectivity index (χ3n) is 2.55. The highest BCUT2D eigenvalue weighted by atomic mass is 79.9. The molecule has 0 aliphatic rings. The van der Waals surface area contributed by atoms with E-state index in [0.717, 1.165) is 23.4 Å². The van der Waals surface area contributed by atoms with Gasteiger partial charge in [-0.3, -0.25) is 4.98 Å². The van der Waals surface area contributed by atoms with Gasteiger partial charge in [0.1, 0.15) is 5.82 Å². The molecule has 2 rings (SSSR count). The van der Waals surface area contributed by atoms with Crippen LogP contribution in [0.15, 0.2) is 35.2 Å². The molecule has 0 amide bonds. The second-order valence-corrected chi connectivity index (χ2v) is 4.62. The van der Waals surface area contributed by atoms with Gasteiger partial charge in [0.15, 0.2) is 0 Å². The van der Waals surface area contributed by atoms with Gasteiger partial charge in [-0.1, -0.05) is 0 Å². The quantitative estimate of drug-likeness (QED) is 0.938. The van der Waals surface area contributed by atoms with Crippen LogP contribution in [0, 0.1) is 0 Å². The van der Waals surface area contributed by atoms with Crippen molar-refractivity contribution in [3.8, 4) is 0 Å². The Balaban J connectivity index is 2.26. The van der Waals surface area contributed by atoms with Crippen molar-refractivity contribution in [1.82, 2.24) is 15.0 Å². The van der Waals surface area contributed by atoms with Gasteiger partial charge in [-0.05, 0) is 40.5 Å². The first-order valence-electron chi connectivity index (χ1n) is 5.62. The molecule has 0 bridgehead atoms. The van der Waals surface area contributed by atoms with Crippen molar-refractivity contribution in [2.75, 3.05) is 17.2 Å². The molecule has 94 valence electrons. The molecule has 0 unspecified atom stereocenters. The van der Waals surface area contributed by atoms with Crippen molar-refractivity contribution in [1.29, 1.82) is 0 Å². The van der Waals surface area contributed by atoms with Crippen LogP contribution in [0.1, 0.15) is 12.5 Å². The first-order chi connectivity index (χ1) is 8.70. The summed E-state index contributed by atoms with van der Waals surface area (Å²) in [5, 5.41) is 0. The molecule has 0 spiro atoms. The summed E-state index contributed by atoms with van der Waals surface area (Å²) >= 11 is 3.45. The molecule has 5 nitrogen and oxygen atoms in total. The second-order valence-electron chi connectivity index (χ2n) is 3.77. The number of hydrogen-bond acceptors (Lipinski definition) is 5. The van der Waals surface area contributed by atoms with Crippen LogP contribution in [0.3, 0.4) is 0 Å². The zero-order valence-corrected chi connectivity index (χ0v) is 11.6. The molecule has 0 saturated heterocycles. The van der Waals surface area contributed by atoms with Crippen LogP contribution >= 0.6 is 15.9 Å². The van der Waals surface area contributed by atoms with E-state index in [-0.39, 0.29) is 5.95 Å². The van der Waals surface area contributed by atoms with Gasteiger partial charge >= 0.3 is 0 Å². The Bertz CT molecular complexity index is 517. The Labute approximate surface area is 114 Å². The monoisotopic (exact) mass is 307 g/mol. The van der Waals surface area contributed by atoms with E-state index in [1.807, 2.05) is 12.1 Å². The smallest absolute Gasteiger partial charge is 0.222 e. The van der Waals surface area contributed by atoms with Crippen LogP contribution in [0.2, 0.25) is 0 Å². The lowest BCUT2D eigenvalue weighted by atomic mass is 10.2. The van der Waals surface area contributed by atoms with Crippen molar-refractivity contribution in [3.05, 3.63) is 40.8 Å². The summed E-state index contributed by atoms with van der Waals surface area (Å²) in [6, 6.07) is 3.97. The Morgan fingerprint density at radius 3 is 2.72 bits per heavy atom. The molecule has 2 heterocycles. The lowest BCUT2D eigenvalue weighted by Crippen LogP contribution is -2.24. The number of rotatable bonds is 4. The fraction of sp³-hybridized carbons (Fsp3) is 0.250. The highest BCUT2D eigenvalue weighted by molar-refractivity contribution is 9.10. The fourth-order valence-electron chi connectivity index (χ4n) is 1.64. The molecular weight excluding hydrogens is 294 g/mol. The highest BCUT2D eigenvalue weighted by Gasteiger charge is 2.11. The Kier molecular flexibility index (Phi) is 4.09. The van der Waals surface area contributed by atoms with Gasteiger partial charge < -0.3 is 10.6 Å². The zero-order chi connectivity index (χ0) is 13.0. The molecule has 0 aromatic carbocycles. The van der Waals surface area contributed by atoms with E-state index in [4.69, 9.17) is 5.73 Å². The van der Waals surface area contributed by atoms with Crippen LogP contribution in [0.25, 0.3) is 0 Å². The van der Waals surface area contributed by atoms with Gasteiger partial charge in [-0.2, -0.15) is 4.98 Å². The van der Waals surface area contributed by atoms with Gasteiger partial charge in [0.05, 0.1) is 4.47 Å². The molecule has 2 N–H and O–H groups in total. The normalized spacial score (nSPS) is 10.3. The fourth-order valence-corrected chi connectivity index (χ4v) is 2.08. The third-order valence-corrected chi connectivity index (χ3v) is 3.11. The van der Waals surface area contributed by atoms with Gasteiger partial charge in [-0.15, -0.1) is 0 Å². The minimum absolute atomic E-state index is 0.279. The first-order valence-corrected chi connectivity index (χ1v) is 6.42. The molecular formula is C12H14BrN5. The van der Waals surface area contributed by atoms with E-state index >= 15 is 0 Å². The summed E-state index contributed by atoms with van der Waals surface area (Å²) in [7, 11) is 0. The SMILES string of the molecule is CCN(Cc1ccncc1)c1nc(N)ncc1Br. The summed E-state index contributed by atoms with van der Waals surface area (Å²) < 4.78 is 0.840. The standard InChI is InChI=1S/C12H14BrN5/c1-2-18(8-9-3-5-15-6-4-9)11-10(13)7-16-12(14)17-11/h3-7H,2,8H2,1H3,(H2,14,16,17). The predicted molar refractivity (Wildman–Crippen MR) is 75.1 cm³/mol. The first kappa shape index (κ1) is 12.8. The molecule has 2 aromatic heterocycles. The third kappa shape index (κ3) is 2.95. The molecule has 2 aromatic rings. The number of anilines is 2. The summed E-state index contributed by atoms with van der Waals surface area (Å²) in [6.45, 7) is 3.66. The average molecular weight is 308 g/mol. The topological polar surface area (TPSA) is 67.9 Å². The van der Waals surface area contributed by atoms with Crippen LogP contribution in [-0.2, 0) is 6.54 Å². The summed E-state index contributed by atoms with van der Waals surface area (Å²) in [5.41, 5.74) is 6.81. The number of pyridine rings is 1. The van der Waals surface area contributed by atoms with Crippen molar-refractivity contribution >= 4 is 27.7 Å². The van der Waals surface area contributed by atoms with Crippen molar-refractivity contribution < 1.29 is 0 Å². The summed E-state index contributed by atoms with van der Waals surface area (Å²) in [5.74, 6) is 1.09. The molecule has 0 atom stereocenters. The number of nitrogen functional groups attached to an aromatic ring is 1. The van der Waals surface area contributed by atoms with Gasteiger partial charge in [-0.25, -0.2) is 4.98 Å². The van der Waals surface area contributed by atoms with Crippen LogP contribution in [-0.4, -0.2) is 21.5 Å². The molecule has 0 aliphatic carbocycles. The summed E-state index contributed by atoms with van der Waals surface area (Å²) in [4.78, 5) is 14.3. The number of hydrogen-bond donors (Lipinski definition) is 1. The predicted octanol–water partition coefficient (Wildman–Crippen LogP) is 2.24. The average Bonchev–Trinajstić information content (AvgIpc) is 2.40. The van der Waals surface area contributed by atoms with Gasteiger partial charge in [0, 0.05) is 31.7 Å². The maximum Gasteiger partial charge on any atom is 0.222 e. The molecule has 6 heteroatoms. The Morgan fingerprint density at radius 1 is 1.33 bits per heavy atom. The van der Waals surface area contributed by atoms with E-state index in [1.165, 1.54) is 5.56 Å². The van der Waals surface area contributed by atoms with Gasteiger partial charge in [0.25, 0.3) is 0 Å². The maximum absolute atomic E-state index is 5.63.